The number of carboxylic acid groups (broad SMARTS) is 1. The van der Waals surface area contributed by atoms with E-state index in [1.54, 1.807) is 14.0 Å². The zero-order valence-corrected chi connectivity index (χ0v) is 12.9. The zero-order chi connectivity index (χ0) is 15.3. The molecule has 0 bridgehead atoms. The summed E-state index contributed by atoms with van der Waals surface area (Å²) in [5.41, 5.74) is -0.290. The lowest BCUT2D eigenvalue weighted by molar-refractivity contribution is -0.145. The van der Waals surface area contributed by atoms with E-state index in [2.05, 4.69) is 5.32 Å². The average Bonchev–Trinajstić information content (AvgIpc) is 2.75. The molecule has 0 aromatic heterocycles. The lowest BCUT2D eigenvalue weighted by Gasteiger charge is -2.32. The van der Waals surface area contributed by atoms with Gasteiger partial charge in [-0.25, -0.2) is 4.79 Å². The molecule has 1 atom stereocenters. The molecule has 1 saturated carbocycles. The predicted octanol–water partition coefficient (Wildman–Crippen LogP) is 3.31. The van der Waals surface area contributed by atoms with Crippen LogP contribution in [-0.2, 0) is 10.3 Å². The van der Waals surface area contributed by atoms with Crippen LogP contribution in [0.1, 0.15) is 51.0 Å². The molecule has 0 radical (unpaired) electrons. The zero-order valence-electron chi connectivity index (χ0n) is 12.9. The average molecular weight is 291 g/mol. The molecule has 1 aromatic carbocycles. The Bertz CT molecular complexity index is 463. The highest BCUT2D eigenvalue weighted by Gasteiger charge is 2.37. The SMILES string of the molecule is COc1ccc(C(C)(NC2CCCCCC2)C(=O)O)cc1. The Labute approximate surface area is 126 Å². The highest BCUT2D eigenvalue weighted by molar-refractivity contribution is 5.80. The van der Waals surface area contributed by atoms with Gasteiger partial charge in [0.05, 0.1) is 7.11 Å². The topological polar surface area (TPSA) is 58.6 Å². The van der Waals surface area contributed by atoms with Crippen LogP contribution in [0, 0.1) is 0 Å². The van der Waals surface area contributed by atoms with E-state index in [1.165, 1.54) is 25.7 Å². The van der Waals surface area contributed by atoms with Crippen LogP contribution >= 0.6 is 0 Å². The van der Waals surface area contributed by atoms with Crippen molar-refractivity contribution >= 4 is 5.97 Å². The van der Waals surface area contributed by atoms with Gasteiger partial charge in [-0.2, -0.15) is 0 Å². The number of carbonyl (C=O) groups is 1. The van der Waals surface area contributed by atoms with Gasteiger partial charge in [-0.05, 0) is 37.5 Å². The summed E-state index contributed by atoms with van der Waals surface area (Å²) in [5.74, 6) is -0.0992. The van der Waals surface area contributed by atoms with Crippen LogP contribution in [0.5, 0.6) is 5.75 Å². The van der Waals surface area contributed by atoms with Crippen molar-refractivity contribution in [1.29, 1.82) is 0 Å². The Hall–Kier alpha value is -1.55. The molecular weight excluding hydrogens is 266 g/mol. The molecule has 1 fully saturated rings. The molecule has 4 nitrogen and oxygen atoms in total. The molecule has 1 unspecified atom stereocenters. The Balaban J connectivity index is 2.19. The van der Waals surface area contributed by atoms with Gasteiger partial charge in [0.2, 0.25) is 0 Å². The van der Waals surface area contributed by atoms with Crippen LogP contribution < -0.4 is 10.1 Å². The molecule has 1 aliphatic carbocycles. The van der Waals surface area contributed by atoms with Crippen LogP contribution in [0.15, 0.2) is 24.3 Å². The number of rotatable bonds is 5. The first-order valence-electron chi connectivity index (χ1n) is 7.72. The van der Waals surface area contributed by atoms with Gasteiger partial charge in [-0.3, -0.25) is 5.32 Å². The Morgan fingerprint density at radius 1 is 1.19 bits per heavy atom. The highest BCUT2D eigenvalue weighted by Crippen LogP contribution is 2.27. The number of hydrogen-bond donors (Lipinski definition) is 2. The molecular formula is C17H25NO3. The monoisotopic (exact) mass is 291 g/mol. The van der Waals surface area contributed by atoms with Crippen molar-refractivity contribution in [3.8, 4) is 5.75 Å². The maximum atomic E-state index is 11.8. The lowest BCUT2D eigenvalue weighted by Crippen LogP contribution is -2.51. The third kappa shape index (κ3) is 3.76. The van der Waals surface area contributed by atoms with E-state index in [0.717, 1.165) is 24.2 Å². The Morgan fingerprint density at radius 2 is 1.76 bits per heavy atom. The van der Waals surface area contributed by atoms with Crippen molar-refractivity contribution in [2.24, 2.45) is 0 Å². The van der Waals surface area contributed by atoms with E-state index < -0.39 is 11.5 Å². The molecule has 116 valence electrons. The van der Waals surface area contributed by atoms with Crippen LogP contribution in [0.4, 0.5) is 0 Å². The van der Waals surface area contributed by atoms with Gasteiger partial charge in [-0.15, -0.1) is 0 Å². The second-order valence-electron chi connectivity index (χ2n) is 5.99. The van der Waals surface area contributed by atoms with E-state index in [1.807, 2.05) is 24.3 Å². The number of hydrogen-bond acceptors (Lipinski definition) is 3. The second kappa shape index (κ2) is 6.94. The van der Waals surface area contributed by atoms with E-state index in [4.69, 9.17) is 4.74 Å². The second-order valence-corrected chi connectivity index (χ2v) is 5.99. The Morgan fingerprint density at radius 3 is 2.24 bits per heavy atom. The first kappa shape index (κ1) is 15.8. The van der Waals surface area contributed by atoms with E-state index >= 15 is 0 Å². The molecule has 0 amide bonds. The number of carboxylic acids is 1. The number of aliphatic carboxylic acids is 1. The predicted molar refractivity (Wildman–Crippen MR) is 82.6 cm³/mol. The number of benzene rings is 1. The number of ether oxygens (including phenoxy) is 1. The highest BCUT2D eigenvalue weighted by atomic mass is 16.5. The molecule has 21 heavy (non-hydrogen) atoms. The fraction of sp³-hybridized carbons (Fsp3) is 0.588. The van der Waals surface area contributed by atoms with Crippen molar-refractivity contribution in [1.82, 2.24) is 5.32 Å². The van der Waals surface area contributed by atoms with Gasteiger partial charge >= 0.3 is 5.97 Å². The molecule has 0 saturated heterocycles. The van der Waals surface area contributed by atoms with Gasteiger partial charge < -0.3 is 9.84 Å². The molecule has 0 heterocycles. The summed E-state index contributed by atoms with van der Waals surface area (Å²) in [6.45, 7) is 1.75. The first-order chi connectivity index (χ1) is 10.1. The fourth-order valence-electron chi connectivity index (χ4n) is 3.02. The van der Waals surface area contributed by atoms with Crippen LogP contribution in [-0.4, -0.2) is 24.2 Å². The first-order valence-corrected chi connectivity index (χ1v) is 7.72. The molecule has 1 aromatic rings. The quantitative estimate of drug-likeness (QED) is 0.817. The minimum atomic E-state index is -1.05. The smallest absolute Gasteiger partial charge is 0.328 e. The third-order valence-corrected chi connectivity index (χ3v) is 4.44. The van der Waals surface area contributed by atoms with Gasteiger partial charge in [0, 0.05) is 6.04 Å². The van der Waals surface area contributed by atoms with E-state index in [-0.39, 0.29) is 6.04 Å². The Kier molecular flexibility index (Phi) is 5.23. The third-order valence-electron chi connectivity index (χ3n) is 4.44. The standard InChI is InChI=1S/C17H25NO3/c1-17(16(19)20,13-9-11-15(21-2)12-10-13)18-14-7-5-3-4-6-8-14/h9-12,14,18H,3-8H2,1-2H3,(H,19,20). The number of methoxy groups -OCH3 is 1. The molecule has 4 heteroatoms. The number of nitrogens with one attached hydrogen (secondary N) is 1. The van der Waals surface area contributed by atoms with E-state index in [0.29, 0.717) is 0 Å². The summed E-state index contributed by atoms with van der Waals surface area (Å²) in [6, 6.07) is 7.56. The van der Waals surface area contributed by atoms with Crippen molar-refractivity contribution in [3.05, 3.63) is 29.8 Å². The summed E-state index contributed by atoms with van der Waals surface area (Å²) >= 11 is 0. The van der Waals surface area contributed by atoms with Gasteiger partial charge in [0.1, 0.15) is 11.3 Å². The molecule has 1 aliphatic rings. The van der Waals surface area contributed by atoms with Crippen LogP contribution in [0.2, 0.25) is 0 Å². The fourth-order valence-corrected chi connectivity index (χ4v) is 3.02. The summed E-state index contributed by atoms with van der Waals surface area (Å²) in [7, 11) is 1.61. The van der Waals surface area contributed by atoms with E-state index in [9.17, 15) is 9.90 Å². The molecule has 0 aliphatic heterocycles. The summed E-state index contributed by atoms with van der Waals surface area (Å²) < 4.78 is 5.14. The van der Waals surface area contributed by atoms with Crippen molar-refractivity contribution in [2.45, 2.75) is 57.0 Å². The largest absolute Gasteiger partial charge is 0.497 e. The minimum absolute atomic E-state index is 0.274. The maximum Gasteiger partial charge on any atom is 0.328 e. The van der Waals surface area contributed by atoms with Gasteiger partial charge in [0.25, 0.3) is 0 Å². The van der Waals surface area contributed by atoms with Gasteiger partial charge in [0.15, 0.2) is 0 Å². The summed E-state index contributed by atoms with van der Waals surface area (Å²) in [6.07, 6.45) is 6.97. The molecule has 2 rings (SSSR count). The van der Waals surface area contributed by atoms with Gasteiger partial charge in [-0.1, -0.05) is 37.8 Å². The molecule has 0 spiro atoms. The lowest BCUT2D eigenvalue weighted by atomic mass is 9.90. The molecule has 2 N–H and O–H groups in total. The van der Waals surface area contributed by atoms with Crippen LogP contribution in [0.3, 0.4) is 0 Å². The van der Waals surface area contributed by atoms with Crippen LogP contribution in [0.25, 0.3) is 0 Å². The van der Waals surface area contributed by atoms with Crippen molar-refractivity contribution in [2.75, 3.05) is 7.11 Å². The maximum absolute atomic E-state index is 11.8. The summed E-state index contributed by atoms with van der Waals surface area (Å²) in [5, 5.41) is 13.1. The van der Waals surface area contributed by atoms with Crippen molar-refractivity contribution in [3.63, 3.8) is 0 Å². The normalized spacial score (nSPS) is 19.5. The summed E-state index contributed by atoms with van der Waals surface area (Å²) in [4.78, 5) is 11.8. The minimum Gasteiger partial charge on any atom is -0.497 e. The van der Waals surface area contributed by atoms with Crippen molar-refractivity contribution < 1.29 is 14.6 Å².